The van der Waals surface area contributed by atoms with Crippen LogP contribution in [0.25, 0.3) is 0 Å². The zero-order chi connectivity index (χ0) is 18.7. The summed E-state index contributed by atoms with van der Waals surface area (Å²) in [6.45, 7) is 1.54. The Kier molecular flexibility index (Phi) is 5.81. The molecule has 0 spiro atoms. The number of halogens is 1. The van der Waals surface area contributed by atoms with Crippen molar-refractivity contribution in [1.82, 2.24) is 4.72 Å². The lowest BCUT2D eigenvalue weighted by Gasteiger charge is -2.22. The predicted octanol–water partition coefficient (Wildman–Crippen LogP) is 1.88. The third-order valence-electron chi connectivity index (χ3n) is 3.42. The van der Waals surface area contributed by atoms with E-state index in [0.717, 1.165) is 28.3 Å². The van der Waals surface area contributed by atoms with Crippen LogP contribution in [0, 0.1) is 12.7 Å². The molecule has 25 heavy (non-hydrogen) atoms. The summed E-state index contributed by atoms with van der Waals surface area (Å²) in [4.78, 5) is 0.111. The molecule has 0 aromatic heterocycles. The van der Waals surface area contributed by atoms with Gasteiger partial charge >= 0.3 is 0 Å². The molecule has 1 N–H and O–H groups in total. The average Bonchev–Trinajstić information content (AvgIpc) is 2.52. The fraction of sp³-hybridized carbons (Fsp3) is 0.250. The molecule has 9 heteroatoms. The molecule has 0 amide bonds. The maximum absolute atomic E-state index is 13.0. The van der Waals surface area contributed by atoms with Crippen LogP contribution >= 0.6 is 0 Å². The van der Waals surface area contributed by atoms with Crippen molar-refractivity contribution in [2.45, 2.75) is 11.8 Å². The van der Waals surface area contributed by atoms with Crippen LogP contribution in [0.2, 0.25) is 0 Å². The molecule has 2 aromatic carbocycles. The second-order valence-corrected chi connectivity index (χ2v) is 9.20. The number of rotatable bonds is 7. The Bertz CT molecular complexity index is 942. The maximum atomic E-state index is 13.0. The first-order valence-corrected chi connectivity index (χ1v) is 10.7. The fourth-order valence-corrected chi connectivity index (χ4v) is 4.29. The molecule has 0 fully saturated rings. The Labute approximate surface area is 147 Å². The zero-order valence-electron chi connectivity index (χ0n) is 13.8. The van der Waals surface area contributed by atoms with Gasteiger partial charge in [-0.2, -0.15) is 0 Å². The van der Waals surface area contributed by atoms with Crippen LogP contribution in [0.4, 0.5) is 10.1 Å². The summed E-state index contributed by atoms with van der Waals surface area (Å²) in [5, 5.41) is 0. The first kappa shape index (κ1) is 19.4. The van der Waals surface area contributed by atoms with Crippen molar-refractivity contribution in [3.63, 3.8) is 0 Å². The number of aryl methyl sites for hydroxylation is 1. The monoisotopic (exact) mass is 386 g/mol. The Hall–Kier alpha value is -1.97. The van der Waals surface area contributed by atoms with Crippen molar-refractivity contribution in [3.8, 4) is 0 Å². The van der Waals surface area contributed by atoms with Gasteiger partial charge in [-0.3, -0.25) is 4.31 Å². The molecule has 0 saturated carbocycles. The maximum Gasteiger partial charge on any atom is 0.240 e. The molecule has 0 aliphatic carbocycles. The van der Waals surface area contributed by atoms with E-state index in [1.54, 1.807) is 19.1 Å². The van der Waals surface area contributed by atoms with Gasteiger partial charge in [-0.15, -0.1) is 0 Å². The minimum absolute atomic E-state index is 0.111. The summed E-state index contributed by atoms with van der Waals surface area (Å²) in [5.74, 6) is -0.489. The van der Waals surface area contributed by atoms with Gasteiger partial charge in [-0.1, -0.05) is 12.1 Å². The molecular weight excluding hydrogens is 367 g/mol. The van der Waals surface area contributed by atoms with E-state index in [2.05, 4.69) is 4.72 Å². The van der Waals surface area contributed by atoms with E-state index in [0.29, 0.717) is 0 Å². The summed E-state index contributed by atoms with van der Waals surface area (Å²) in [5.41, 5.74) is 1.06. The molecule has 0 aliphatic heterocycles. The Morgan fingerprint density at radius 3 is 2.24 bits per heavy atom. The highest BCUT2D eigenvalue weighted by Gasteiger charge is 2.19. The highest BCUT2D eigenvalue weighted by molar-refractivity contribution is 7.92. The van der Waals surface area contributed by atoms with Crippen molar-refractivity contribution in [1.29, 1.82) is 0 Å². The van der Waals surface area contributed by atoms with E-state index in [9.17, 15) is 21.2 Å². The zero-order valence-corrected chi connectivity index (χ0v) is 15.4. The minimum Gasteiger partial charge on any atom is -0.269 e. The minimum atomic E-state index is -3.74. The summed E-state index contributed by atoms with van der Waals surface area (Å²) in [6.07, 6.45) is 1.01. The van der Waals surface area contributed by atoms with Gasteiger partial charge in [0.25, 0.3) is 0 Å². The first-order chi connectivity index (χ1) is 11.6. The van der Waals surface area contributed by atoms with Crippen molar-refractivity contribution >= 4 is 25.7 Å². The van der Waals surface area contributed by atoms with Crippen molar-refractivity contribution in [2.24, 2.45) is 0 Å². The highest BCUT2D eigenvalue weighted by atomic mass is 32.2. The smallest absolute Gasteiger partial charge is 0.240 e. The van der Waals surface area contributed by atoms with Gasteiger partial charge in [0.15, 0.2) is 0 Å². The fourth-order valence-electron chi connectivity index (χ4n) is 2.24. The third kappa shape index (κ3) is 5.25. The normalized spacial score (nSPS) is 12.1. The lowest BCUT2D eigenvalue weighted by atomic mass is 10.2. The van der Waals surface area contributed by atoms with Crippen LogP contribution in [0.1, 0.15) is 5.56 Å². The standard InChI is InChI=1S/C16H19FN2O4S2/c1-13-4-3-5-16(12-13)25(22,23)18-10-11-19(24(2,20)21)15-8-6-14(17)7-9-15/h3-9,12,18H,10-11H2,1-2H3. The van der Waals surface area contributed by atoms with Gasteiger partial charge in [-0.05, 0) is 48.9 Å². The number of hydrogen-bond donors (Lipinski definition) is 1. The molecule has 2 aromatic rings. The molecule has 136 valence electrons. The Morgan fingerprint density at radius 2 is 1.68 bits per heavy atom. The van der Waals surface area contributed by atoms with Crippen molar-refractivity contribution < 1.29 is 21.2 Å². The Morgan fingerprint density at radius 1 is 1.04 bits per heavy atom. The lowest BCUT2D eigenvalue weighted by Crippen LogP contribution is -2.38. The van der Waals surface area contributed by atoms with Crippen LogP contribution in [0.5, 0.6) is 0 Å². The van der Waals surface area contributed by atoms with E-state index in [1.165, 1.54) is 24.3 Å². The molecule has 0 heterocycles. The molecule has 0 aliphatic rings. The van der Waals surface area contributed by atoms with E-state index in [1.807, 2.05) is 0 Å². The van der Waals surface area contributed by atoms with Crippen molar-refractivity contribution in [2.75, 3.05) is 23.7 Å². The van der Waals surface area contributed by atoms with E-state index < -0.39 is 25.9 Å². The SMILES string of the molecule is Cc1cccc(S(=O)(=O)NCCN(c2ccc(F)cc2)S(C)(=O)=O)c1. The molecular formula is C16H19FN2O4S2. The van der Waals surface area contributed by atoms with Gasteiger partial charge < -0.3 is 0 Å². The van der Waals surface area contributed by atoms with Gasteiger partial charge in [0.2, 0.25) is 20.0 Å². The molecule has 6 nitrogen and oxygen atoms in total. The molecule has 0 bridgehead atoms. The number of sulfonamides is 2. The van der Waals surface area contributed by atoms with E-state index in [-0.39, 0.29) is 23.7 Å². The molecule has 0 atom stereocenters. The van der Waals surface area contributed by atoms with Gasteiger partial charge in [-0.25, -0.2) is 25.9 Å². The number of hydrogen-bond acceptors (Lipinski definition) is 4. The number of benzene rings is 2. The molecule has 0 saturated heterocycles. The highest BCUT2D eigenvalue weighted by Crippen LogP contribution is 2.17. The number of nitrogens with one attached hydrogen (secondary N) is 1. The summed E-state index contributed by atoms with van der Waals surface area (Å²) >= 11 is 0. The molecule has 0 radical (unpaired) electrons. The second kappa shape index (κ2) is 7.51. The third-order valence-corrected chi connectivity index (χ3v) is 6.07. The Balaban J connectivity index is 2.12. The number of anilines is 1. The topological polar surface area (TPSA) is 83.6 Å². The summed E-state index contributed by atoms with van der Waals surface area (Å²) in [6, 6.07) is 11.3. The second-order valence-electron chi connectivity index (χ2n) is 5.53. The van der Waals surface area contributed by atoms with Crippen LogP contribution in [-0.2, 0) is 20.0 Å². The van der Waals surface area contributed by atoms with Crippen LogP contribution in [0.3, 0.4) is 0 Å². The average molecular weight is 386 g/mol. The van der Waals surface area contributed by atoms with Gasteiger partial charge in [0, 0.05) is 13.1 Å². The summed E-state index contributed by atoms with van der Waals surface area (Å²) < 4.78 is 64.8. The largest absolute Gasteiger partial charge is 0.269 e. The van der Waals surface area contributed by atoms with Crippen LogP contribution < -0.4 is 9.03 Å². The first-order valence-electron chi connectivity index (χ1n) is 7.39. The van der Waals surface area contributed by atoms with Crippen LogP contribution in [0.15, 0.2) is 53.4 Å². The lowest BCUT2D eigenvalue weighted by molar-refractivity contribution is 0.578. The van der Waals surface area contributed by atoms with Crippen molar-refractivity contribution in [3.05, 3.63) is 59.9 Å². The molecule has 2 rings (SSSR count). The summed E-state index contributed by atoms with van der Waals surface area (Å²) in [7, 11) is -7.39. The molecule has 0 unspecified atom stereocenters. The number of nitrogens with zero attached hydrogens (tertiary/aromatic N) is 1. The predicted molar refractivity (Wildman–Crippen MR) is 95.0 cm³/mol. The van der Waals surface area contributed by atoms with Gasteiger partial charge in [0.05, 0.1) is 16.8 Å². The quantitative estimate of drug-likeness (QED) is 0.788. The van der Waals surface area contributed by atoms with E-state index >= 15 is 0 Å². The van der Waals surface area contributed by atoms with Crippen LogP contribution in [-0.4, -0.2) is 36.2 Å². The van der Waals surface area contributed by atoms with E-state index in [4.69, 9.17) is 0 Å². The van der Waals surface area contributed by atoms with Gasteiger partial charge in [0.1, 0.15) is 5.82 Å².